The van der Waals surface area contributed by atoms with Crippen LogP contribution in [0.25, 0.3) is 0 Å². The number of anilines is 1. The molecule has 1 atom stereocenters. The molecule has 4 rings (SSSR count). The highest BCUT2D eigenvalue weighted by atomic mass is 32.2. The van der Waals surface area contributed by atoms with Gasteiger partial charge in [0.1, 0.15) is 0 Å². The quantitative estimate of drug-likeness (QED) is 0.347. The number of hydrogen-bond acceptors (Lipinski definition) is 6. The Morgan fingerprint density at radius 1 is 1.06 bits per heavy atom. The second kappa shape index (κ2) is 11.0. The molecule has 1 amide bonds. The third-order valence-electron chi connectivity index (χ3n) is 6.14. The van der Waals surface area contributed by atoms with Gasteiger partial charge in [0.15, 0.2) is 5.78 Å². The van der Waals surface area contributed by atoms with Gasteiger partial charge in [-0.3, -0.25) is 9.59 Å². The van der Waals surface area contributed by atoms with Crippen molar-refractivity contribution < 1.29 is 9.59 Å². The summed E-state index contributed by atoms with van der Waals surface area (Å²) in [7, 11) is 0. The van der Waals surface area contributed by atoms with Gasteiger partial charge >= 0.3 is 0 Å². The van der Waals surface area contributed by atoms with Gasteiger partial charge in [-0.15, -0.1) is 11.3 Å². The van der Waals surface area contributed by atoms with Crippen LogP contribution in [-0.2, 0) is 4.79 Å². The lowest BCUT2D eigenvalue weighted by atomic mass is 9.86. The summed E-state index contributed by atoms with van der Waals surface area (Å²) in [5, 5.41) is 19.0. The fraction of sp³-hybridized carbons (Fsp3) is 0.207. The molecule has 182 valence electrons. The number of benzene rings is 2. The molecule has 0 saturated heterocycles. The van der Waals surface area contributed by atoms with Gasteiger partial charge in [0.05, 0.1) is 28.3 Å². The summed E-state index contributed by atoms with van der Waals surface area (Å²) >= 11 is 2.81. The Balaban J connectivity index is 1.65. The molecule has 0 spiro atoms. The molecule has 36 heavy (non-hydrogen) atoms. The monoisotopic (exact) mass is 513 g/mol. The van der Waals surface area contributed by atoms with E-state index in [2.05, 4.69) is 16.7 Å². The van der Waals surface area contributed by atoms with Gasteiger partial charge in [0.25, 0.3) is 5.91 Å². The lowest BCUT2D eigenvalue weighted by molar-refractivity contribution is -0.113. The summed E-state index contributed by atoms with van der Waals surface area (Å²) in [4.78, 5) is 27.4. The number of nitrogens with zero attached hydrogens (tertiary/aromatic N) is 1. The number of hydrogen-bond donors (Lipinski definition) is 2. The van der Waals surface area contributed by atoms with Crippen LogP contribution in [0.4, 0.5) is 5.69 Å². The average molecular weight is 514 g/mol. The highest BCUT2D eigenvalue weighted by Gasteiger charge is 2.35. The minimum absolute atomic E-state index is 0.00138. The molecule has 1 aliphatic heterocycles. The van der Waals surface area contributed by atoms with Gasteiger partial charge in [-0.25, -0.2) is 0 Å². The highest BCUT2D eigenvalue weighted by Crippen LogP contribution is 2.42. The number of nitriles is 1. The fourth-order valence-corrected chi connectivity index (χ4v) is 6.13. The van der Waals surface area contributed by atoms with E-state index in [9.17, 15) is 14.9 Å². The van der Waals surface area contributed by atoms with Crippen molar-refractivity contribution in [3.8, 4) is 6.07 Å². The zero-order valence-corrected chi connectivity index (χ0v) is 22.3. The molecule has 3 aromatic rings. The van der Waals surface area contributed by atoms with E-state index in [1.807, 2.05) is 87.7 Å². The molecule has 2 N–H and O–H groups in total. The summed E-state index contributed by atoms with van der Waals surface area (Å²) in [5.74, 6) is -0.580. The lowest BCUT2D eigenvalue weighted by Crippen LogP contribution is -2.30. The number of nitrogens with one attached hydrogen (secondary N) is 2. The van der Waals surface area contributed by atoms with Crippen LogP contribution < -0.4 is 10.6 Å². The van der Waals surface area contributed by atoms with Crippen LogP contribution in [0.2, 0.25) is 0 Å². The molecular weight excluding hydrogens is 486 g/mol. The Kier molecular flexibility index (Phi) is 7.78. The molecule has 0 fully saturated rings. The first-order valence-corrected chi connectivity index (χ1v) is 13.4. The standard InChI is InChI=1S/C29H27N3O2S2/c1-17-11-12-21(19(3)14-17)24(33)16-36-29-22(15-30)27(25-10-7-13-35-25)26(20(4)31-29)28(34)32-23-9-6-5-8-18(23)2/h5-14,27,31H,16H2,1-4H3,(H,32,34)/t27-/m1/s1. The first-order valence-electron chi connectivity index (χ1n) is 11.6. The third-order valence-corrected chi connectivity index (χ3v) is 8.10. The van der Waals surface area contributed by atoms with Crippen LogP contribution in [0.1, 0.15) is 44.8 Å². The Labute approximate surface area is 219 Å². The SMILES string of the molecule is CC1=C(C(=O)Nc2ccccc2C)[C@@H](c2cccs2)C(C#N)=C(SCC(=O)c2ccc(C)cc2C)N1. The number of ketones is 1. The van der Waals surface area contributed by atoms with Crippen LogP contribution in [0, 0.1) is 32.1 Å². The molecular formula is C29H27N3O2S2. The zero-order valence-electron chi connectivity index (χ0n) is 20.6. The molecule has 2 heterocycles. The summed E-state index contributed by atoms with van der Waals surface area (Å²) in [5.41, 5.74) is 6.03. The average Bonchev–Trinajstić information content (AvgIpc) is 3.38. The molecule has 2 aromatic carbocycles. The Hall–Kier alpha value is -3.60. The van der Waals surface area contributed by atoms with Gasteiger partial charge < -0.3 is 10.6 Å². The van der Waals surface area contributed by atoms with E-state index in [0.29, 0.717) is 27.4 Å². The van der Waals surface area contributed by atoms with Crippen molar-refractivity contribution in [2.24, 2.45) is 0 Å². The molecule has 0 saturated carbocycles. The predicted molar refractivity (Wildman–Crippen MR) is 148 cm³/mol. The predicted octanol–water partition coefficient (Wildman–Crippen LogP) is 6.62. The molecule has 5 nitrogen and oxygen atoms in total. The van der Waals surface area contributed by atoms with Gasteiger partial charge in [0.2, 0.25) is 0 Å². The summed E-state index contributed by atoms with van der Waals surface area (Å²) in [6, 6.07) is 19.6. The van der Waals surface area contributed by atoms with Gasteiger partial charge in [-0.1, -0.05) is 59.8 Å². The van der Waals surface area contributed by atoms with Crippen molar-refractivity contribution in [3.05, 3.63) is 109 Å². The Morgan fingerprint density at radius 3 is 2.50 bits per heavy atom. The molecule has 0 unspecified atom stereocenters. The van der Waals surface area contributed by atoms with Crippen molar-refractivity contribution in [3.63, 3.8) is 0 Å². The smallest absolute Gasteiger partial charge is 0.254 e. The summed E-state index contributed by atoms with van der Waals surface area (Å²) < 4.78 is 0. The van der Waals surface area contributed by atoms with Crippen molar-refractivity contribution in [2.45, 2.75) is 33.6 Å². The van der Waals surface area contributed by atoms with E-state index in [-0.39, 0.29) is 17.4 Å². The molecule has 1 aliphatic rings. The first kappa shape index (κ1) is 25.5. The number of amides is 1. The number of dihydropyridines is 1. The van der Waals surface area contributed by atoms with E-state index in [0.717, 1.165) is 27.3 Å². The van der Waals surface area contributed by atoms with Crippen molar-refractivity contribution >= 4 is 40.5 Å². The van der Waals surface area contributed by atoms with Crippen LogP contribution in [-0.4, -0.2) is 17.4 Å². The van der Waals surface area contributed by atoms with Crippen LogP contribution in [0.15, 0.2) is 81.8 Å². The number of carbonyl (C=O) groups excluding carboxylic acids is 2. The summed E-state index contributed by atoms with van der Waals surface area (Å²) in [6.45, 7) is 7.71. The minimum Gasteiger partial charge on any atom is -0.353 e. The van der Waals surface area contributed by atoms with Gasteiger partial charge in [0, 0.05) is 27.4 Å². The van der Waals surface area contributed by atoms with Crippen LogP contribution >= 0.6 is 23.1 Å². The molecule has 0 radical (unpaired) electrons. The van der Waals surface area contributed by atoms with Crippen LogP contribution in [0.3, 0.4) is 0 Å². The Morgan fingerprint density at radius 2 is 1.83 bits per heavy atom. The lowest BCUT2D eigenvalue weighted by Gasteiger charge is -2.29. The third kappa shape index (κ3) is 5.30. The van der Waals surface area contributed by atoms with Crippen molar-refractivity contribution in [1.82, 2.24) is 5.32 Å². The maximum Gasteiger partial charge on any atom is 0.254 e. The number of Topliss-reactive ketones (excluding diaryl/α,β-unsaturated/α-hetero) is 1. The number of rotatable bonds is 7. The number of carbonyl (C=O) groups is 2. The topological polar surface area (TPSA) is 82.0 Å². The maximum atomic E-state index is 13.5. The number of thiophene rings is 1. The second-order valence-electron chi connectivity index (χ2n) is 8.77. The van der Waals surface area contributed by atoms with E-state index in [1.165, 1.54) is 23.1 Å². The Bertz CT molecular complexity index is 1430. The van der Waals surface area contributed by atoms with Gasteiger partial charge in [-0.05, 0) is 56.3 Å². The van der Waals surface area contributed by atoms with E-state index < -0.39 is 5.92 Å². The van der Waals surface area contributed by atoms with E-state index >= 15 is 0 Å². The number of thioether (sulfide) groups is 1. The van der Waals surface area contributed by atoms with Crippen molar-refractivity contribution in [2.75, 3.05) is 11.1 Å². The number of aryl methyl sites for hydroxylation is 3. The zero-order chi connectivity index (χ0) is 25.8. The van der Waals surface area contributed by atoms with Crippen LogP contribution in [0.5, 0.6) is 0 Å². The molecule has 0 aliphatic carbocycles. The molecule has 0 bridgehead atoms. The minimum atomic E-state index is -0.515. The highest BCUT2D eigenvalue weighted by molar-refractivity contribution is 8.03. The second-order valence-corrected chi connectivity index (χ2v) is 10.7. The summed E-state index contributed by atoms with van der Waals surface area (Å²) in [6.07, 6.45) is 0. The largest absolute Gasteiger partial charge is 0.353 e. The number of para-hydroxylation sites is 1. The van der Waals surface area contributed by atoms with E-state index in [4.69, 9.17) is 0 Å². The normalized spacial score (nSPS) is 15.4. The number of allylic oxidation sites excluding steroid dienone is 2. The molecule has 7 heteroatoms. The van der Waals surface area contributed by atoms with Gasteiger partial charge in [-0.2, -0.15) is 5.26 Å². The maximum absolute atomic E-state index is 13.5. The first-order chi connectivity index (χ1) is 17.3. The van der Waals surface area contributed by atoms with E-state index in [1.54, 1.807) is 0 Å². The fourth-order valence-electron chi connectivity index (χ4n) is 4.31. The molecule has 1 aromatic heterocycles. The van der Waals surface area contributed by atoms with Crippen molar-refractivity contribution in [1.29, 1.82) is 5.26 Å².